The number of benzene rings is 1. The molecule has 21 heavy (non-hydrogen) atoms. The molecule has 0 heterocycles. The molecule has 0 bridgehead atoms. The summed E-state index contributed by atoms with van der Waals surface area (Å²) in [6.45, 7) is 6.37. The molecule has 0 aliphatic heterocycles. The second-order valence-corrected chi connectivity index (χ2v) is 5.44. The van der Waals surface area contributed by atoms with Gasteiger partial charge >= 0.3 is 5.97 Å². The van der Waals surface area contributed by atoms with E-state index >= 15 is 0 Å². The molecule has 0 N–H and O–H groups in total. The molecule has 0 saturated carbocycles. The summed E-state index contributed by atoms with van der Waals surface area (Å²) in [7, 11) is 1.31. The van der Waals surface area contributed by atoms with Gasteiger partial charge in [-0.25, -0.2) is 4.39 Å². The fourth-order valence-electron chi connectivity index (χ4n) is 1.95. The first-order chi connectivity index (χ1) is 9.85. The Morgan fingerprint density at radius 3 is 2.52 bits per heavy atom. The van der Waals surface area contributed by atoms with E-state index in [-0.39, 0.29) is 30.8 Å². The van der Waals surface area contributed by atoms with Crippen molar-refractivity contribution in [2.24, 2.45) is 5.92 Å². The molecule has 1 aromatic carbocycles. The normalized spacial score (nSPS) is 10.6. The van der Waals surface area contributed by atoms with E-state index in [0.717, 1.165) is 0 Å². The summed E-state index contributed by atoms with van der Waals surface area (Å²) in [6.07, 6.45) is 0.128. The Morgan fingerprint density at radius 1 is 1.33 bits per heavy atom. The predicted molar refractivity (Wildman–Crippen MR) is 78.5 cm³/mol. The number of esters is 1. The first-order valence-electron chi connectivity index (χ1n) is 6.97. The lowest BCUT2D eigenvalue weighted by Gasteiger charge is -2.24. The van der Waals surface area contributed by atoms with Crippen LogP contribution in [0.1, 0.15) is 36.2 Å². The van der Waals surface area contributed by atoms with E-state index in [2.05, 4.69) is 4.74 Å². The highest BCUT2D eigenvalue weighted by Crippen LogP contribution is 2.13. The number of rotatable bonds is 6. The average Bonchev–Trinajstić information content (AvgIpc) is 2.44. The molecule has 0 fully saturated rings. The highest BCUT2D eigenvalue weighted by molar-refractivity contribution is 5.94. The zero-order chi connectivity index (χ0) is 16.0. The minimum atomic E-state index is -0.404. The third kappa shape index (κ3) is 5.17. The van der Waals surface area contributed by atoms with E-state index < -0.39 is 5.82 Å². The molecule has 0 saturated heterocycles. The number of halogens is 1. The maximum absolute atomic E-state index is 13.6. The number of hydrogen-bond acceptors (Lipinski definition) is 3. The Labute approximate surface area is 124 Å². The van der Waals surface area contributed by atoms with Crippen LogP contribution in [0.3, 0.4) is 0 Å². The van der Waals surface area contributed by atoms with Crippen LogP contribution in [-0.2, 0) is 9.53 Å². The largest absolute Gasteiger partial charge is 0.469 e. The van der Waals surface area contributed by atoms with Crippen LogP contribution in [0.25, 0.3) is 0 Å². The van der Waals surface area contributed by atoms with E-state index in [1.165, 1.54) is 13.2 Å². The van der Waals surface area contributed by atoms with Crippen LogP contribution in [0.4, 0.5) is 4.39 Å². The molecule has 4 nitrogen and oxygen atoms in total. The van der Waals surface area contributed by atoms with Crippen LogP contribution < -0.4 is 0 Å². The van der Waals surface area contributed by atoms with Gasteiger partial charge < -0.3 is 9.64 Å². The number of amides is 1. The van der Waals surface area contributed by atoms with Crippen molar-refractivity contribution < 1.29 is 18.7 Å². The molecule has 1 aromatic rings. The van der Waals surface area contributed by atoms with E-state index in [4.69, 9.17) is 0 Å². The standard InChI is InChI=1S/C16H22FNO3/c1-11(2)10-18(8-7-15(19)21-4)16(20)13-6-5-12(3)14(17)9-13/h5-6,9,11H,7-8,10H2,1-4H3. The van der Waals surface area contributed by atoms with E-state index in [1.807, 2.05) is 13.8 Å². The monoisotopic (exact) mass is 295 g/mol. The summed E-state index contributed by atoms with van der Waals surface area (Å²) >= 11 is 0. The minimum Gasteiger partial charge on any atom is -0.469 e. The molecule has 1 amide bonds. The average molecular weight is 295 g/mol. The Kier molecular flexibility index (Phi) is 6.34. The van der Waals surface area contributed by atoms with Crippen molar-refractivity contribution in [3.8, 4) is 0 Å². The van der Waals surface area contributed by atoms with Crippen molar-refractivity contribution in [2.45, 2.75) is 27.2 Å². The van der Waals surface area contributed by atoms with Crippen LogP contribution in [-0.4, -0.2) is 37.0 Å². The van der Waals surface area contributed by atoms with Crippen molar-refractivity contribution in [3.05, 3.63) is 35.1 Å². The third-order valence-electron chi connectivity index (χ3n) is 3.11. The summed E-state index contributed by atoms with van der Waals surface area (Å²) < 4.78 is 18.2. The Balaban J connectivity index is 2.87. The number of methoxy groups -OCH3 is 1. The maximum Gasteiger partial charge on any atom is 0.307 e. The quantitative estimate of drug-likeness (QED) is 0.758. The van der Waals surface area contributed by atoms with Crippen LogP contribution in [0.2, 0.25) is 0 Å². The Morgan fingerprint density at radius 2 is 2.00 bits per heavy atom. The lowest BCUT2D eigenvalue weighted by molar-refractivity contribution is -0.140. The minimum absolute atomic E-state index is 0.128. The summed E-state index contributed by atoms with van der Waals surface area (Å²) in [5.41, 5.74) is 0.792. The van der Waals surface area contributed by atoms with Gasteiger partial charge in [-0.15, -0.1) is 0 Å². The Hall–Kier alpha value is -1.91. The predicted octanol–water partition coefficient (Wildman–Crippen LogP) is 2.80. The first kappa shape index (κ1) is 17.1. The van der Waals surface area contributed by atoms with Gasteiger partial charge in [0.2, 0.25) is 0 Å². The molecule has 0 spiro atoms. The van der Waals surface area contributed by atoms with Gasteiger partial charge in [-0.2, -0.15) is 0 Å². The van der Waals surface area contributed by atoms with Crippen LogP contribution >= 0.6 is 0 Å². The lowest BCUT2D eigenvalue weighted by atomic mass is 10.1. The van der Waals surface area contributed by atoms with E-state index in [1.54, 1.807) is 24.0 Å². The third-order valence-corrected chi connectivity index (χ3v) is 3.11. The summed E-state index contributed by atoms with van der Waals surface area (Å²) in [4.78, 5) is 25.3. The molecule has 0 aliphatic carbocycles. The maximum atomic E-state index is 13.6. The number of nitrogens with zero attached hydrogens (tertiary/aromatic N) is 1. The van der Waals surface area contributed by atoms with Gasteiger partial charge in [0.25, 0.3) is 5.91 Å². The smallest absolute Gasteiger partial charge is 0.307 e. The van der Waals surface area contributed by atoms with Gasteiger partial charge in [0, 0.05) is 18.7 Å². The number of carbonyl (C=O) groups is 2. The first-order valence-corrected chi connectivity index (χ1v) is 6.97. The molecule has 0 atom stereocenters. The van der Waals surface area contributed by atoms with E-state index in [9.17, 15) is 14.0 Å². The molecule has 0 radical (unpaired) electrons. The second kappa shape index (κ2) is 7.76. The lowest BCUT2D eigenvalue weighted by Crippen LogP contribution is -2.36. The Bertz CT molecular complexity index is 514. The molecule has 5 heteroatoms. The topological polar surface area (TPSA) is 46.6 Å². The second-order valence-electron chi connectivity index (χ2n) is 5.44. The fourth-order valence-corrected chi connectivity index (χ4v) is 1.95. The van der Waals surface area contributed by atoms with Crippen molar-refractivity contribution >= 4 is 11.9 Å². The molecular weight excluding hydrogens is 273 g/mol. The van der Waals surface area contributed by atoms with Crippen LogP contribution in [0.15, 0.2) is 18.2 Å². The molecule has 1 rings (SSSR count). The summed E-state index contributed by atoms with van der Waals surface area (Å²) in [6, 6.07) is 4.42. The number of carbonyl (C=O) groups excluding carboxylic acids is 2. The number of aryl methyl sites for hydroxylation is 1. The highest BCUT2D eigenvalue weighted by atomic mass is 19.1. The summed E-state index contributed by atoms with van der Waals surface area (Å²) in [5, 5.41) is 0. The highest BCUT2D eigenvalue weighted by Gasteiger charge is 2.19. The van der Waals surface area contributed by atoms with Gasteiger partial charge in [0.05, 0.1) is 13.5 Å². The van der Waals surface area contributed by atoms with Gasteiger partial charge in [0.1, 0.15) is 5.82 Å². The molecule has 0 aromatic heterocycles. The van der Waals surface area contributed by atoms with Gasteiger partial charge in [-0.05, 0) is 30.5 Å². The SMILES string of the molecule is COC(=O)CCN(CC(C)C)C(=O)c1ccc(C)c(F)c1. The van der Waals surface area contributed by atoms with Crippen molar-refractivity contribution in [2.75, 3.05) is 20.2 Å². The summed E-state index contributed by atoms with van der Waals surface area (Å²) in [5.74, 6) is -0.793. The molecule has 0 unspecified atom stereocenters. The van der Waals surface area contributed by atoms with Gasteiger partial charge in [-0.3, -0.25) is 9.59 Å². The van der Waals surface area contributed by atoms with E-state index in [0.29, 0.717) is 17.7 Å². The fraction of sp³-hybridized carbons (Fsp3) is 0.500. The molecule has 0 aliphatic rings. The van der Waals surface area contributed by atoms with Crippen molar-refractivity contribution in [1.82, 2.24) is 4.90 Å². The number of ether oxygens (including phenoxy) is 1. The van der Waals surface area contributed by atoms with Crippen molar-refractivity contribution in [3.63, 3.8) is 0 Å². The zero-order valence-electron chi connectivity index (χ0n) is 13.0. The van der Waals surface area contributed by atoms with Gasteiger partial charge in [0.15, 0.2) is 0 Å². The zero-order valence-corrected chi connectivity index (χ0v) is 13.0. The van der Waals surface area contributed by atoms with Gasteiger partial charge in [-0.1, -0.05) is 19.9 Å². The number of hydrogen-bond donors (Lipinski definition) is 0. The van der Waals surface area contributed by atoms with Crippen LogP contribution in [0.5, 0.6) is 0 Å². The molecule has 116 valence electrons. The molecular formula is C16H22FNO3. The van der Waals surface area contributed by atoms with Crippen molar-refractivity contribution in [1.29, 1.82) is 0 Å². The van der Waals surface area contributed by atoms with Crippen LogP contribution in [0, 0.1) is 18.7 Å².